The first kappa shape index (κ1) is 13.0. The van der Waals surface area contributed by atoms with Gasteiger partial charge in [-0.1, -0.05) is 19.1 Å². The van der Waals surface area contributed by atoms with Crippen LogP contribution in [0.25, 0.3) is 0 Å². The van der Waals surface area contributed by atoms with Gasteiger partial charge >= 0.3 is 0 Å². The predicted molar refractivity (Wildman–Crippen MR) is 79.2 cm³/mol. The number of benzene rings is 1. The number of aryl methyl sites for hydroxylation is 3. The molecule has 0 aliphatic heterocycles. The van der Waals surface area contributed by atoms with Crippen LogP contribution in [0, 0.1) is 6.92 Å². The van der Waals surface area contributed by atoms with E-state index in [-0.39, 0.29) is 0 Å². The molecular formula is C13H17BrN4. The fourth-order valence-corrected chi connectivity index (χ4v) is 2.24. The van der Waals surface area contributed by atoms with Crippen molar-refractivity contribution in [2.24, 2.45) is 7.05 Å². The molecule has 4 nitrogen and oxygen atoms in total. The maximum Gasteiger partial charge on any atom is 0.152 e. The summed E-state index contributed by atoms with van der Waals surface area (Å²) in [5.74, 6) is 0.832. The highest BCUT2D eigenvalue weighted by atomic mass is 79.9. The number of rotatable bonds is 3. The van der Waals surface area contributed by atoms with Crippen LogP contribution in [0.15, 0.2) is 22.7 Å². The molecule has 1 heterocycles. The topological polar surface area (TPSA) is 55.9 Å². The summed E-state index contributed by atoms with van der Waals surface area (Å²) in [5.41, 5.74) is 9.90. The lowest BCUT2D eigenvalue weighted by molar-refractivity contribution is 0.753. The van der Waals surface area contributed by atoms with Crippen LogP contribution < -0.4 is 11.1 Å². The molecule has 0 radical (unpaired) electrons. The highest BCUT2D eigenvalue weighted by Gasteiger charge is 2.13. The normalized spacial score (nSPS) is 10.7. The minimum Gasteiger partial charge on any atom is -0.394 e. The Morgan fingerprint density at radius 3 is 2.78 bits per heavy atom. The molecule has 18 heavy (non-hydrogen) atoms. The molecule has 0 atom stereocenters. The third kappa shape index (κ3) is 2.22. The van der Waals surface area contributed by atoms with Crippen LogP contribution >= 0.6 is 15.9 Å². The van der Waals surface area contributed by atoms with Crippen molar-refractivity contribution in [1.29, 1.82) is 0 Å². The molecule has 0 amide bonds. The minimum absolute atomic E-state index is 0.716. The Labute approximate surface area is 115 Å². The largest absolute Gasteiger partial charge is 0.394 e. The van der Waals surface area contributed by atoms with E-state index in [0.717, 1.165) is 28.1 Å². The van der Waals surface area contributed by atoms with Crippen molar-refractivity contribution < 1.29 is 0 Å². The zero-order chi connectivity index (χ0) is 13.3. The standard InChI is InChI=1S/C13H17BrN4/c1-4-9-12(15)13(18(3)17-9)16-10-7-5-6-8(2)11(10)14/h5-7,16H,4,15H2,1-3H3. The molecule has 2 rings (SSSR count). The van der Waals surface area contributed by atoms with Crippen LogP contribution in [0.2, 0.25) is 0 Å². The summed E-state index contributed by atoms with van der Waals surface area (Å²) in [5, 5.41) is 7.72. The molecule has 0 bridgehead atoms. The van der Waals surface area contributed by atoms with E-state index in [4.69, 9.17) is 5.73 Å². The molecular weight excluding hydrogens is 292 g/mol. The van der Waals surface area contributed by atoms with E-state index in [0.29, 0.717) is 5.69 Å². The van der Waals surface area contributed by atoms with E-state index >= 15 is 0 Å². The van der Waals surface area contributed by atoms with Gasteiger partial charge in [0, 0.05) is 11.5 Å². The number of aromatic nitrogens is 2. The second kappa shape index (κ2) is 5.02. The highest BCUT2D eigenvalue weighted by Crippen LogP contribution is 2.31. The minimum atomic E-state index is 0.716. The second-order valence-corrected chi connectivity index (χ2v) is 5.04. The van der Waals surface area contributed by atoms with Gasteiger partial charge in [-0.3, -0.25) is 4.68 Å². The fraction of sp³-hybridized carbons (Fsp3) is 0.308. The van der Waals surface area contributed by atoms with Gasteiger partial charge in [0.25, 0.3) is 0 Å². The molecule has 1 aromatic heterocycles. The summed E-state index contributed by atoms with van der Waals surface area (Å²) in [6.07, 6.45) is 0.830. The van der Waals surface area contributed by atoms with Crippen molar-refractivity contribution in [3.05, 3.63) is 33.9 Å². The Balaban J connectivity index is 2.40. The summed E-state index contributed by atoms with van der Waals surface area (Å²) in [4.78, 5) is 0. The summed E-state index contributed by atoms with van der Waals surface area (Å²) in [6, 6.07) is 6.07. The molecule has 96 valence electrons. The van der Waals surface area contributed by atoms with Gasteiger partial charge in [-0.25, -0.2) is 0 Å². The maximum atomic E-state index is 6.09. The van der Waals surface area contributed by atoms with Crippen LogP contribution in [0.1, 0.15) is 18.2 Å². The predicted octanol–water partition coefficient (Wildman–Crippen LogP) is 3.38. The van der Waals surface area contributed by atoms with Gasteiger partial charge in [0.1, 0.15) is 0 Å². The molecule has 0 saturated carbocycles. The van der Waals surface area contributed by atoms with E-state index < -0.39 is 0 Å². The van der Waals surface area contributed by atoms with Gasteiger partial charge in [-0.15, -0.1) is 0 Å². The second-order valence-electron chi connectivity index (χ2n) is 4.25. The number of hydrogen-bond acceptors (Lipinski definition) is 3. The molecule has 0 unspecified atom stereocenters. The Morgan fingerprint density at radius 2 is 2.17 bits per heavy atom. The zero-order valence-electron chi connectivity index (χ0n) is 10.8. The summed E-state index contributed by atoms with van der Waals surface area (Å²) < 4.78 is 2.83. The molecule has 3 N–H and O–H groups in total. The fourth-order valence-electron chi connectivity index (χ4n) is 1.88. The zero-order valence-corrected chi connectivity index (χ0v) is 12.4. The number of nitrogen functional groups attached to an aromatic ring is 1. The van der Waals surface area contributed by atoms with Gasteiger partial charge < -0.3 is 11.1 Å². The van der Waals surface area contributed by atoms with Crippen LogP contribution in [0.5, 0.6) is 0 Å². The maximum absolute atomic E-state index is 6.09. The average molecular weight is 309 g/mol. The summed E-state index contributed by atoms with van der Waals surface area (Å²) in [7, 11) is 1.89. The molecule has 0 saturated heterocycles. The third-order valence-electron chi connectivity index (χ3n) is 2.94. The first-order valence-corrected chi connectivity index (χ1v) is 6.67. The van der Waals surface area contributed by atoms with Crippen LogP contribution in [0.4, 0.5) is 17.2 Å². The van der Waals surface area contributed by atoms with Crippen molar-refractivity contribution >= 4 is 33.1 Å². The SMILES string of the molecule is CCc1nn(C)c(Nc2cccc(C)c2Br)c1N. The molecule has 0 spiro atoms. The average Bonchev–Trinajstić information content (AvgIpc) is 2.62. The number of nitrogens with two attached hydrogens (primary N) is 1. The number of hydrogen-bond donors (Lipinski definition) is 2. The highest BCUT2D eigenvalue weighted by molar-refractivity contribution is 9.10. The van der Waals surface area contributed by atoms with Gasteiger partial charge in [0.15, 0.2) is 5.82 Å². The quantitative estimate of drug-likeness (QED) is 0.914. The number of halogens is 1. The molecule has 0 aliphatic rings. The third-order valence-corrected chi connectivity index (χ3v) is 3.99. The van der Waals surface area contributed by atoms with Gasteiger partial charge in [-0.2, -0.15) is 5.10 Å². The van der Waals surface area contributed by atoms with Crippen LogP contribution in [-0.2, 0) is 13.5 Å². The smallest absolute Gasteiger partial charge is 0.152 e. The lowest BCUT2D eigenvalue weighted by Crippen LogP contribution is -2.02. The molecule has 1 aromatic carbocycles. The van der Waals surface area contributed by atoms with E-state index in [9.17, 15) is 0 Å². The monoisotopic (exact) mass is 308 g/mol. The van der Waals surface area contributed by atoms with Gasteiger partial charge in [0.05, 0.1) is 17.1 Å². The molecule has 0 fully saturated rings. The van der Waals surface area contributed by atoms with Crippen molar-refractivity contribution in [1.82, 2.24) is 9.78 Å². The van der Waals surface area contributed by atoms with Crippen molar-refractivity contribution in [2.75, 3.05) is 11.1 Å². The van der Waals surface area contributed by atoms with E-state index in [1.807, 2.05) is 26.1 Å². The van der Waals surface area contributed by atoms with E-state index in [2.05, 4.69) is 39.3 Å². The van der Waals surface area contributed by atoms with Crippen molar-refractivity contribution in [3.8, 4) is 0 Å². The van der Waals surface area contributed by atoms with Gasteiger partial charge in [-0.05, 0) is 40.9 Å². The van der Waals surface area contributed by atoms with E-state index in [1.54, 1.807) is 4.68 Å². The van der Waals surface area contributed by atoms with Crippen molar-refractivity contribution in [3.63, 3.8) is 0 Å². The molecule has 0 aliphatic carbocycles. The Kier molecular flexibility index (Phi) is 3.61. The first-order chi connectivity index (χ1) is 8.54. The van der Waals surface area contributed by atoms with Crippen molar-refractivity contribution in [2.45, 2.75) is 20.3 Å². The molecule has 2 aromatic rings. The Bertz CT molecular complexity index is 575. The summed E-state index contributed by atoms with van der Waals surface area (Å²) in [6.45, 7) is 4.10. The number of nitrogens with one attached hydrogen (secondary N) is 1. The van der Waals surface area contributed by atoms with E-state index in [1.165, 1.54) is 5.56 Å². The number of anilines is 3. The lowest BCUT2D eigenvalue weighted by atomic mass is 10.2. The van der Waals surface area contributed by atoms with Crippen LogP contribution in [-0.4, -0.2) is 9.78 Å². The Hall–Kier alpha value is -1.49. The summed E-state index contributed by atoms with van der Waals surface area (Å²) >= 11 is 3.58. The van der Waals surface area contributed by atoms with Crippen LogP contribution in [0.3, 0.4) is 0 Å². The van der Waals surface area contributed by atoms with Gasteiger partial charge in [0.2, 0.25) is 0 Å². The molecule has 5 heteroatoms. The first-order valence-electron chi connectivity index (χ1n) is 5.88. The lowest BCUT2D eigenvalue weighted by Gasteiger charge is -2.11. The Morgan fingerprint density at radius 1 is 1.44 bits per heavy atom. The number of nitrogens with zero attached hydrogens (tertiary/aromatic N) is 2.